The van der Waals surface area contributed by atoms with Gasteiger partial charge in [0.05, 0.1) is 22.7 Å². The van der Waals surface area contributed by atoms with Crippen molar-refractivity contribution in [2.24, 2.45) is 0 Å². The van der Waals surface area contributed by atoms with E-state index in [1.165, 1.54) is 0 Å². The van der Waals surface area contributed by atoms with Crippen LogP contribution in [0, 0.1) is 12.3 Å². The van der Waals surface area contributed by atoms with Gasteiger partial charge < -0.3 is 9.47 Å². The van der Waals surface area contributed by atoms with E-state index >= 15 is 0 Å². The topological polar surface area (TPSA) is 18.5 Å². The van der Waals surface area contributed by atoms with Crippen LogP contribution in [0.2, 0.25) is 0 Å². The van der Waals surface area contributed by atoms with Crippen molar-refractivity contribution in [2.45, 2.75) is 6.42 Å². The molecule has 0 atom stereocenters. The van der Waals surface area contributed by atoms with Crippen LogP contribution >= 0.6 is 31.9 Å². The molecule has 15 heavy (non-hydrogen) atoms. The molecule has 0 radical (unpaired) electrons. The summed E-state index contributed by atoms with van der Waals surface area (Å²) < 4.78 is 12.3. The van der Waals surface area contributed by atoms with Gasteiger partial charge in [-0.2, -0.15) is 0 Å². The van der Waals surface area contributed by atoms with Crippen molar-refractivity contribution in [1.82, 2.24) is 0 Å². The summed E-state index contributed by atoms with van der Waals surface area (Å²) in [6, 6.07) is 3.69. The van der Waals surface area contributed by atoms with Crippen molar-refractivity contribution in [1.29, 1.82) is 0 Å². The molecule has 0 fully saturated rings. The summed E-state index contributed by atoms with van der Waals surface area (Å²) in [4.78, 5) is 0. The first kappa shape index (κ1) is 12.4. The normalized spacial score (nSPS) is 9.47. The van der Waals surface area contributed by atoms with Crippen LogP contribution in [0.3, 0.4) is 0 Å². The maximum Gasteiger partial charge on any atom is 0.134 e. The number of ether oxygens (including phenoxy) is 2. The van der Waals surface area contributed by atoms with E-state index in [2.05, 4.69) is 37.8 Å². The lowest BCUT2D eigenvalue weighted by molar-refractivity contribution is 0.323. The molecule has 0 saturated heterocycles. The number of methoxy groups -OCH3 is 1. The lowest BCUT2D eigenvalue weighted by Gasteiger charge is -2.10. The molecule has 1 aromatic rings. The SMILES string of the molecule is C#CCCOc1cc(Br)c(OC)cc1Br. The van der Waals surface area contributed by atoms with Crippen LogP contribution in [0.25, 0.3) is 0 Å². The summed E-state index contributed by atoms with van der Waals surface area (Å²) in [7, 11) is 1.62. The third-order valence-electron chi connectivity index (χ3n) is 1.71. The molecule has 0 unspecified atom stereocenters. The van der Waals surface area contributed by atoms with Gasteiger partial charge >= 0.3 is 0 Å². The van der Waals surface area contributed by atoms with Crippen molar-refractivity contribution in [3.8, 4) is 23.8 Å². The Bertz CT molecular complexity index is 383. The Hall–Kier alpha value is -0.660. The highest BCUT2D eigenvalue weighted by Crippen LogP contribution is 2.35. The van der Waals surface area contributed by atoms with Crippen molar-refractivity contribution < 1.29 is 9.47 Å². The van der Waals surface area contributed by atoms with Crippen LogP contribution in [-0.4, -0.2) is 13.7 Å². The Morgan fingerprint density at radius 3 is 2.47 bits per heavy atom. The molecule has 0 aliphatic rings. The summed E-state index contributed by atoms with van der Waals surface area (Å²) in [5, 5.41) is 0. The summed E-state index contributed by atoms with van der Waals surface area (Å²) in [6.45, 7) is 0.508. The average molecular weight is 334 g/mol. The second kappa shape index (κ2) is 6.04. The molecule has 0 N–H and O–H groups in total. The van der Waals surface area contributed by atoms with Gasteiger partial charge in [0.2, 0.25) is 0 Å². The van der Waals surface area contributed by atoms with E-state index in [0.717, 1.165) is 20.4 Å². The zero-order chi connectivity index (χ0) is 11.3. The standard InChI is InChI=1S/C11H10Br2O2/c1-3-4-5-15-11-7-8(12)10(14-2)6-9(11)13/h1,6-7H,4-5H2,2H3. The van der Waals surface area contributed by atoms with Gasteiger partial charge in [0.25, 0.3) is 0 Å². The van der Waals surface area contributed by atoms with E-state index in [1.807, 2.05) is 12.1 Å². The Balaban J connectivity index is 2.81. The fourth-order valence-electron chi connectivity index (χ4n) is 0.997. The summed E-state index contributed by atoms with van der Waals surface area (Å²) in [6.07, 6.45) is 5.73. The van der Waals surface area contributed by atoms with Crippen molar-refractivity contribution in [3.63, 3.8) is 0 Å². The zero-order valence-electron chi connectivity index (χ0n) is 8.22. The molecule has 4 heteroatoms. The number of hydrogen-bond donors (Lipinski definition) is 0. The van der Waals surface area contributed by atoms with Gasteiger partial charge in [0.1, 0.15) is 11.5 Å². The van der Waals surface area contributed by atoms with E-state index in [4.69, 9.17) is 15.9 Å². The Kier molecular flexibility index (Phi) is 5.00. The molecule has 1 aromatic carbocycles. The van der Waals surface area contributed by atoms with Crippen LogP contribution < -0.4 is 9.47 Å². The molecule has 1 rings (SSSR count). The summed E-state index contributed by atoms with van der Waals surface area (Å²) in [5.74, 6) is 4.02. The molecule has 0 saturated carbocycles. The van der Waals surface area contributed by atoms with Crippen LogP contribution in [0.5, 0.6) is 11.5 Å². The minimum atomic E-state index is 0.508. The highest BCUT2D eigenvalue weighted by atomic mass is 79.9. The molecule has 0 spiro atoms. The van der Waals surface area contributed by atoms with Gasteiger partial charge in [-0.25, -0.2) is 0 Å². The quantitative estimate of drug-likeness (QED) is 0.619. The summed E-state index contributed by atoms with van der Waals surface area (Å²) in [5.41, 5.74) is 0. The minimum absolute atomic E-state index is 0.508. The van der Waals surface area contributed by atoms with Gasteiger partial charge in [-0.1, -0.05) is 0 Å². The van der Waals surface area contributed by atoms with Crippen molar-refractivity contribution in [3.05, 3.63) is 21.1 Å². The van der Waals surface area contributed by atoms with E-state index in [9.17, 15) is 0 Å². The monoisotopic (exact) mass is 332 g/mol. The van der Waals surface area contributed by atoms with E-state index in [1.54, 1.807) is 7.11 Å². The molecule has 80 valence electrons. The third-order valence-corrected chi connectivity index (χ3v) is 2.95. The van der Waals surface area contributed by atoms with Gasteiger partial charge in [-0.3, -0.25) is 0 Å². The highest BCUT2D eigenvalue weighted by molar-refractivity contribution is 9.11. The molecule has 2 nitrogen and oxygen atoms in total. The number of benzene rings is 1. The van der Waals surface area contributed by atoms with Gasteiger partial charge in [-0.15, -0.1) is 12.3 Å². The predicted molar refractivity (Wildman–Crippen MR) is 67.3 cm³/mol. The van der Waals surface area contributed by atoms with E-state index in [0.29, 0.717) is 13.0 Å². The first-order chi connectivity index (χ1) is 7.19. The third kappa shape index (κ3) is 3.44. The van der Waals surface area contributed by atoms with Crippen molar-refractivity contribution >= 4 is 31.9 Å². The molecular weight excluding hydrogens is 324 g/mol. The number of rotatable bonds is 4. The molecule has 0 amide bonds. The molecular formula is C11H10Br2O2. The van der Waals surface area contributed by atoms with Crippen molar-refractivity contribution in [2.75, 3.05) is 13.7 Å². The maximum absolute atomic E-state index is 5.48. The lowest BCUT2D eigenvalue weighted by atomic mass is 10.3. The largest absolute Gasteiger partial charge is 0.496 e. The minimum Gasteiger partial charge on any atom is -0.496 e. The molecule has 0 aliphatic carbocycles. The number of halogens is 2. The number of terminal acetylenes is 1. The Labute approximate surface area is 106 Å². The molecule has 0 aromatic heterocycles. The van der Waals surface area contributed by atoms with E-state index in [-0.39, 0.29) is 0 Å². The fraction of sp³-hybridized carbons (Fsp3) is 0.273. The number of hydrogen-bond acceptors (Lipinski definition) is 2. The zero-order valence-corrected chi connectivity index (χ0v) is 11.4. The van der Waals surface area contributed by atoms with Crippen LogP contribution in [0.4, 0.5) is 0 Å². The highest BCUT2D eigenvalue weighted by Gasteiger charge is 2.07. The van der Waals surface area contributed by atoms with Crippen LogP contribution in [0.1, 0.15) is 6.42 Å². The first-order valence-electron chi connectivity index (χ1n) is 4.28. The van der Waals surface area contributed by atoms with Crippen LogP contribution in [0.15, 0.2) is 21.1 Å². The fourth-order valence-corrected chi connectivity index (χ4v) is 1.92. The Morgan fingerprint density at radius 1 is 1.27 bits per heavy atom. The van der Waals surface area contributed by atoms with Gasteiger partial charge in [-0.05, 0) is 44.0 Å². The lowest BCUT2D eigenvalue weighted by Crippen LogP contribution is -1.97. The smallest absolute Gasteiger partial charge is 0.134 e. The second-order valence-electron chi connectivity index (χ2n) is 2.72. The summed E-state index contributed by atoms with van der Waals surface area (Å²) >= 11 is 6.78. The molecule has 0 heterocycles. The van der Waals surface area contributed by atoms with Gasteiger partial charge in [0, 0.05) is 6.42 Å². The van der Waals surface area contributed by atoms with Crippen LogP contribution in [-0.2, 0) is 0 Å². The maximum atomic E-state index is 5.48. The molecule has 0 bridgehead atoms. The van der Waals surface area contributed by atoms with E-state index < -0.39 is 0 Å². The Morgan fingerprint density at radius 2 is 1.87 bits per heavy atom. The predicted octanol–water partition coefficient (Wildman–Crippen LogP) is 3.62. The molecule has 0 aliphatic heterocycles. The average Bonchev–Trinajstić information content (AvgIpc) is 2.23. The first-order valence-corrected chi connectivity index (χ1v) is 5.87. The second-order valence-corrected chi connectivity index (χ2v) is 4.43. The van der Waals surface area contributed by atoms with Gasteiger partial charge in [0.15, 0.2) is 0 Å².